The van der Waals surface area contributed by atoms with Crippen molar-refractivity contribution < 1.29 is 14.3 Å². The zero-order valence-corrected chi connectivity index (χ0v) is 18.3. The maximum absolute atomic E-state index is 13.0. The third kappa shape index (κ3) is 6.16. The minimum atomic E-state index is -0.0476. The van der Waals surface area contributed by atoms with E-state index in [1.807, 2.05) is 12.1 Å². The van der Waals surface area contributed by atoms with Gasteiger partial charge in [0.05, 0.1) is 12.6 Å². The van der Waals surface area contributed by atoms with Crippen molar-refractivity contribution in [1.29, 1.82) is 0 Å². The Morgan fingerprint density at radius 3 is 2.39 bits per heavy atom. The molecule has 0 saturated carbocycles. The molecule has 1 atom stereocenters. The molecule has 31 heavy (non-hydrogen) atoms. The maximum atomic E-state index is 13.0. The first-order valence-corrected chi connectivity index (χ1v) is 11.5. The second-order valence-corrected chi connectivity index (χ2v) is 8.83. The molecule has 5 nitrogen and oxygen atoms in total. The Hall–Kier alpha value is -2.21. The molecule has 1 N–H and O–H groups in total. The molecule has 5 heteroatoms. The standard InChI is InChI=1S/C26H34N2O3/c29-25(27-21-26(13-16-30-17-14-26)23-10-5-2-6-11-23)20-28(19-24-12-7-15-31-24)18-22-8-3-1-4-9-22/h1-6,8-11,24H,7,12-21H2,(H,27,29). The normalized spacial score (nSPS) is 20.6. The summed E-state index contributed by atoms with van der Waals surface area (Å²) in [4.78, 5) is 15.2. The van der Waals surface area contributed by atoms with Gasteiger partial charge in [0.2, 0.25) is 5.91 Å². The van der Waals surface area contributed by atoms with E-state index in [4.69, 9.17) is 9.47 Å². The van der Waals surface area contributed by atoms with Crippen LogP contribution in [0.1, 0.15) is 36.8 Å². The molecule has 0 bridgehead atoms. The van der Waals surface area contributed by atoms with Gasteiger partial charge >= 0.3 is 0 Å². The highest BCUT2D eigenvalue weighted by atomic mass is 16.5. The molecule has 0 radical (unpaired) electrons. The summed E-state index contributed by atoms with van der Waals surface area (Å²) in [7, 11) is 0. The average molecular weight is 423 g/mol. The van der Waals surface area contributed by atoms with Crippen LogP contribution in [0.15, 0.2) is 60.7 Å². The molecular formula is C26H34N2O3. The van der Waals surface area contributed by atoms with Crippen molar-refractivity contribution in [3.05, 3.63) is 71.8 Å². The summed E-state index contributed by atoms with van der Waals surface area (Å²) < 4.78 is 11.5. The van der Waals surface area contributed by atoms with Crippen molar-refractivity contribution >= 4 is 5.91 Å². The quantitative estimate of drug-likeness (QED) is 0.672. The largest absolute Gasteiger partial charge is 0.381 e. The predicted octanol–water partition coefficient (Wildman–Crippen LogP) is 3.53. The Balaban J connectivity index is 1.39. The first-order valence-electron chi connectivity index (χ1n) is 11.5. The number of carbonyl (C=O) groups excluding carboxylic acids is 1. The van der Waals surface area contributed by atoms with Gasteiger partial charge in [-0.25, -0.2) is 0 Å². The average Bonchev–Trinajstić information content (AvgIpc) is 3.33. The molecule has 2 aromatic carbocycles. The van der Waals surface area contributed by atoms with E-state index in [0.717, 1.165) is 58.6 Å². The summed E-state index contributed by atoms with van der Waals surface area (Å²) in [6.45, 7) is 4.89. The van der Waals surface area contributed by atoms with Crippen LogP contribution in [0.3, 0.4) is 0 Å². The van der Waals surface area contributed by atoms with Crippen LogP contribution in [0.5, 0.6) is 0 Å². The Bertz CT molecular complexity index is 800. The zero-order valence-electron chi connectivity index (χ0n) is 18.3. The molecule has 1 amide bonds. The topological polar surface area (TPSA) is 50.8 Å². The van der Waals surface area contributed by atoms with Crippen molar-refractivity contribution in [3.63, 3.8) is 0 Å². The molecule has 2 fully saturated rings. The number of benzene rings is 2. The summed E-state index contributed by atoms with van der Waals surface area (Å²) in [5.41, 5.74) is 2.46. The molecule has 0 spiro atoms. The van der Waals surface area contributed by atoms with Crippen LogP contribution in [0.4, 0.5) is 0 Å². The van der Waals surface area contributed by atoms with Crippen LogP contribution in [0.25, 0.3) is 0 Å². The van der Waals surface area contributed by atoms with E-state index < -0.39 is 0 Å². The molecule has 2 aliphatic heterocycles. The van der Waals surface area contributed by atoms with Crippen LogP contribution in [0.2, 0.25) is 0 Å². The van der Waals surface area contributed by atoms with Crippen LogP contribution in [0, 0.1) is 0 Å². The fourth-order valence-corrected chi connectivity index (χ4v) is 4.75. The smallest absolute Gasteiger partial charge is 0.234 e. The Morgan fingerprint density at radius 1 is 1.00 bits per heavy atom. The zero-order chi connectivity index (χ0) is 21.4. The molecule has 4 rings (SSSR count). The van der Waals surface area contributed by atoms with Crippen molar-refractivity contribution in [2.75, 3.05) is 39.5 Å². The molecular weight excluding hydrogens is 388 g/mol. The van der Waals surface area contributed by atoms with E-state index in [9.17, 15) is 4.79 Å². The third-order valence-corrected chi connectivity index (χ3v) is 6.56. The van der Waals surface area contributed by atoms with Gasteiger partial charge in [0, 0.05) is 44.9 Å². The molecule has 2 aromatic rings. The summed E-state index contributed by atoms with van der Waals surface area (Å²) in [6.07, 6.45) is 4.27. The van der Waals surface area contributed by atoms with Gasteiger partial charge in [-0.1, -0.05) is 60.7 Å². The van der Waals surface area contributed by atoms with Gasteiger partial charge in [-0.2, -0.15) is 0 Å². The van der Waals surface area contributed by atoms with Crippen molar-refractivity contribution in [2.24, 2.45) is 0 Å². The molecule has 2 heterocycles. The van der Waals surface area contributed by atoms with Gasteiger partial charge in [0.25, 0.3) is 0 Å². The first kappa shape index (κ1) is 22.0. The minimum absolute atomic E-state index is 0.0476. The number of hydrogen-bond acceptors (Lipinski definition) is 4. The summed E-state index contributed by atoms with van der Waals surface area (Å²) in [5, 5.41) is 3.26. The monoisotopic (exact) mass is 422 g/mol. The summed E-state index contributed by atoms with van der Waals surface area (Å²) in [6, 6.07) is 20.9. The SMILES string of the molecule is O=C(CN(Cc1ccccc1)CC1CCCO1)NCC1(c2ccccc2)CCOCC1. The fraction of sp³-hybridized carbons (Fsp3) is 0.500. The second-order valence-electron chi connectivity index (χ2n) is 8.83. The van der Waals surface area contributed by atoms with Crippen LogP contribution in [-0.2, 0) is 26.2 Å². The number of hydrogen-bond donors (Lipinski definition) is 1. The van der Waals surface area contributed by atoms with E-state index in [0.29, 0.717) is 13.1 Å². The molecule has 0 aromatic heterocycles. The third-order valence-electron chi connectivity index (χ3n) is 6.56. The van der Waals surface area contributed by atoms with Crippen molar-refractivity contribution in [3.8, 4) is 0 Å². The van der Waals surface area contributed by atoms with Crippen molar-refractivity contribution in [2.45, 2.75) is 43.7 Å². The van der Waals surface area contributed by atoms with Gasteiger partial charge in [-0.3, -0.25) is 9.69 Å². The van der Waals surface area contributed by atoms with Gasteiger partial charge in [0.1, 0.15) is 0 Å². The summed E-state index contributed by atoms with van der Waals surface area (Å²) >= 11 is 0. The predicted molar refractivity (Wildman–Crippen MR) is 122 cm³/mol. The van der Waals surface area contributed by atoms with E-state index in [2.05, 4.69) is 58.7 Å². The summed E-state index contributed by atoms with van der Waals surface area (Å²) in [5.74, 6) is 0.0794. The second kappa shape index (κ2) is 10.9. The molecule has 2 aliphatic rings. The van der Waals surface area contributed by atoms with Crippen LogP contribution < -0.4 is 5.32 Å². The Kier molecular flexibility index (Phi) is 7.73. The molecule has 1 unspecified atom stereocenters. The van der Waals surface area contributed by atoms with Gasteiger partial charge in [0.15, 0.2) is 0 Å². The van der Waals surface area contributed by atoms with Crippen LogP contribution >= 0.6 is 0 Å². The number of nitrogens with one attached hydrogen (secondary N) is 1. The lowest BCUT2D eigenvalue weighted by molar-refractivity contribution is -0.123. The van der Waals surface area contributed by atoms with Gasteiger partial charge < -0.3 is 14.8 Å². The molecule has 0 aliphatic carbocycles. The lowest BCUT2D eigenvalue weighted by Crippen LogP contribution is -2.47. The minimum Gasteiger partial charge on any atom is -0.381 e. The number of amides is 1. The van der Waals surface area contributed by atoms with Gasteiger partial charge in [-0.15, -0.1) is 0 Å². The Morgan fingerprint density at radius 2 is 1.71 bits per heavy atom. The molecule has 2 saturated heterocycles. The van der Waals surface area contributed by atoms with E-state index in [-0.39, 0.29) is 17.4 Å². The van der Waals surface area contributed by atoms with E-state index in [1.54, 1.807) is 0 Å². The number of nitrogens with zero attached hydrogens (tertiary/aromatic N) is 1. The van der Waals surface area contributed by atoms with Crippen LogP contribution in [-0.4, -0.2) is 56.4 Å². The van der Waals surface area contributed by atoms with Crippen molar-refractivity contribution in [1.82, 2.24) is 10.2 Å². The number of carbonyl (C=O) groups is 1. The lowest BCUT2D eigenvalue weighted by Gasteiger charge is -2.38. The molecule has 166 valence electrons. The van der Waals surface area contributed by atoms with Gasteiger partial charge in [-0.05, 0) is 36.8 Å². The highest BCUT2D eigenvalue weighted by Gasteiger charge is 2.35. The fourth-order valence-electron chi connectivity index (χ4n) is 4.75. The number of ether oxygens (including phenoxy) is 2. The number of rotatable bonds is 9. The van der Waals surface area contributed by atoms with E-state index in [1.165, 1.54) is 11.1 Å². The van der Waals surface area contributed by atoms with E-state index >= 15 is 0 Å². The Labute approximate surface area is 185 Å². The lowest BCUT2D eigenvalue weighted by atomic mass is 9.74. The first-order chi connectivity index (χ1) is 15.2. The highest BCUT2D eigenvalue weighted by molar-refractivity contribution is 5.78. The maximum Gasteiger partial charge on any atom is 0.234 e. The highest BCUT2D eigenvalue weighted by Crippen LogP contribution is 2.34.